The van der Waals surface area contributed by atoms with Gasteiger partial charge in [-0.25, -0.2) is 5.43 Å². The van der Waals surface area contributed by atoms with Crippen LogP contribution in [0.1, 0.15) is 15.9 Å². The molecule has 0 aliphatic rings. The summed E-state index contributed by atoms with van der Waals surface area (Å²) in [6.45, 7) is 0.135. The van der Waals surface area contributed by atoms with Gasteiger partial charge in [-0.3, -0.25) is 4.79 Å². The standard InChI is InChI=1S/C18H15BrN2O3/c1-3-10-24-17-9-8-14(23-2)11-13(17)12-20-21-18(22)15-6-4-5-7-16(15)19/h1,4-9,11-12H,10H2,2H3,(H,21,22)/b20-12+. The van der Waals surface area contributed by atoms with Crippen LogP contribution in [-0.2, 0) is 0 Å². The molecule has 0 aliphatic carbocycles. The number of nitrogens with one attached hydrogen (secondary N) is 1. The number of ether oxygens (including phenoxy) is 2. The van der Waals surface area contributed by atoms with Gasteiger partial charge in [0.05, 0.1) is 18.9 Å². The summed E-state index contributed by atoms with van der Waals surface area (Å²) < 4.78 is 11.3. The molecule has 1 N–H and O–H groups in total. The fourth-order valence-electron chi connectivity index (χ4n) is 1.87. The van der Waals surface area contributed by atoms with Crippen molar-refractivity contribution in [1.82, 2.24) is 5.43 Å². The molecule has 6 heteroatoms. The van der Waals surface area contributed by atoms with Crippen LogP contribution in [0.3, 0.4) is 0 Å². The van der Waals surface area contributed by atoms with Crippen molar-refractivity contribution in [2.45, 2.75) is 0 Å². The minimum atomic E-state index is -0.326. The molecule has 2 rings (SSSR count). The number of carbonyl (C=O) groups excluding carboxylic acids is 1. The fourth-order valence-corrected chi connectivity index (χ4v) is 2.34. The van der Waals surface area contributed by atoms with Crippen molar-refractivity contribution in [3.8, 4) is 23.8 Å². The Bertz CT molecular complexity index is 797. The molecule has 0 saturated carbocycles. The molecule has 0 unspecified atom stereocenters. The van der Waals surface area contributed by atoms with Gasteiger partial charge in [-0.2, -0.15) is 5.10 Å². The topological polar surface area (TPSA) is 59.9 Å². The van der Waals surface area contributed by atoms with Crippen LogP contribution in [0.4, 0.5) is 0 Å². The van der Waals surface area contributed by atoms with Crippen LogP contribution in [-0.4, -0.2) is 25.8 Å². The first kappa shape index (κ1) is 17.6. The summed E-state index contributed by atoms with van der Waals surface area (Å²) in [6, 6.07) is 12.3. The van der Waals surface area contributed by atoms with Gasteiger partial charge in [-0.05, 0) is 46.3 Å². The van der Waals surface area contributed by atoms with E-state index < -0.39 is 0 Å². The average Bonchev–Trinajstić information content (AvgIpc) is 2.60. The molecule has 5 nitrogen and oxygen atoms in total. The van der Waals surface area contributed by atoms with Gasteiger partial charge in [0.1, 0.15) is 18.1 Å². The summed E-state index contributed by atoms with van der Waals surface area (Å²) >= 11 is 3.32. The van der Waals surface area contributed by atoms with Gasteiger partial charge in [-0.1, -0.05) is 18.1 Å². The first-order valence-corrected chi connectivity index (χ1v) is 7.77. The molecule has 0 aliphatic heterocycles. The second-order valence-electron chi connectivity index (χ2n) is 4.58. The minimum Gasteiger partial charge on any atom is -0.497 e. The summed E-state index contributed by atoms with van der Waals surface area (Å²) in [7, 11) is 1.56. The number of methoxy groups -OCH3 is 1. The number of halogens is 1. The van der Waals surface area contributed by atoms with Gasteiger partial charge in [0.15, 0.2) is 0 Å². The second-order valence-corrected chi connectivity index (χ2v) is 5.43. The van der Waals surface area contributed by atoms with Crippen molar-refractivity contribution >= 4 is 28.1 Å². The van der Waals surface area contributed by atoms with E-state index in [1.165, 1.54) is 6.21 Å². The van der Waals surface area contributed by atoms with Crippen LogP contribution in [0.25, 0.3) is 0 Å². The van der Waals surface area contributed by atoms with E-state index in [0.717, 1.165) is 0 Å². The number of hydrogen-bond acceptors (Lipinski definition) is 4. The average molecular weight is 387 g/mol. The summed E-state index contributed by atoms with van der Waals surface area (Å²) in [5.41, 5.74) is 3.60. The zero-order chi connectivity index (χ0) is 17.4. The normalized spacial score (nSPS) is 10.2. The molecule has 0 atom stereocenters. The van der Waals surface area contributed by atoms with Gasteiger partial charge >= 0.3 is 0 Å². The first-order chi connectivity index (χ1) is 11.7. The second kappa shape index (κ2) is 8.75. The molecule has 0 radical (unpaired) electrons. The number of benzene rings is 2. The maximum Gasteiger partial charge on any atom is 0.272 e. The molecular weight excluding hydrogens is 372 g/mol. The molecule has 0 spiro atoms. The lowest BCUT2D eigenvalue weighted by atomic mass is 10.2. The molecule has 0 fully saturated rings. The van der Waals surface area contributed by atoms with Crippen LogP contribution in [0.2, 0.25) is 0 Å². The summed E-state index contributed by atoms with van der Waals surface area (Å²) in [6.07, 6.45) is 6.68. The number of terminal acetylenes is 1. The predicted molar refractivity (Wildman–Crippen MR) is 96.5 cm³/mol. The van der Waals surface area contributed by atoms with Crippen molar-refractivity contribution in [3.63, 3.8) is 0 Å². The van der Waals surface area contributed by atoms with E-state index in [1.807, 2.05) is 6.07 Å². The highest BCUT2D eigenvalue weighted by molar-refractivity contribution is 9.10. The molecule has 2 aromatic carbocycles. The lowest BCUT2D eigenvalue weighted by Gasteiger charge is -2.08. The third-order valence-corrected chi connectivity index (χ3v) is 3.71. The molecule has 24 heavy (non-hydrogen) atoms. The van der Waals surface area contributed by atoms with Crippen molar-refractivity contribution in [2.75, 3.05) is 13.7 Å². The maximum absolute atomic E-state index is 12.1. The highest BCUT2D eigenvalue weighted by Crippen LogP contribution is 2.22. The van der Waals surface area contributed by atoms with E-state index in [9.17, 15) is 4.79 Å². The Morgan fingerprint density at radius 2 is 2.17 bits per heavy atom. The van der Waals surface area contributed by atoms with Crippen molar-refractivity contribution in [2.24, 2.45) is 5.10 Å². The molecule has 1 amide bonds. The number of hydrogen-bond donors (Lipinski definition) is 1. The Balaban J connectivity index is 2.14. The first-order valence-electron chi connectivity index (χ1n) is 6.98. The zero-order valence-corrected chi connectivity index (χ0v) is 14.5. The Hall–Kier alpha value is -2.78. The number of hydrazone groups is 1. The van der Waals surface area contributed by atoms with E-state index in [-0.39, 0.29) is 12.5 Å². The van der Waals surface area contributed by atoms with Gasteiger partial charge in [0, 0.05) is 10.0 Å². The Morgan fingerprint density at radius 1 is 1.38 bits per heavy atom. The SMILES string of the molecule is C#CCOc1ccc(OC)cc1/C=N/NC(=O)c1ccccc1Br. The minimum absolute atomic E-state index is 0.135. The molecule has 0 bridgehead atoms. The van der Waals surface area contributed by atoms with E-state index in [4.69, 9.17) is 15.9 Å². The van der Waals surface area contributed by atoms with E-state index in [0.29, 0.717) is 27.1 Å². The number of rotatable bonds is 6. The van der Waals surface area contributed by atoms with Crippen molar-refractivity contribution in [3.05, 3.63) is 58.1 Å². The Labute approximate surface area is 148 Å². The van der Waals surface area contributed by atoms with Crippen molar-refractivity contribution in [1.29, 1.82) is 0 Å². The summed E-state index contributed by atoms with van der Waals surface area (Å²) in [4.78, 5) is 12.1. The molecule has 0 heterocycles. The summed E-state index contributed by atoms with van der Waals surface area (Å²) in [5, 5.41) is 3.97. The number of amides is 1. The highest BCUT2D eigenvalue weighted by Gasteiger charge is 2.08. The van der Waals surface area contributed by atoms with E-state index in [1.54, 1.807) is 43.5 Å². The Morgan fingerprint density at radius 3 is 2.88 bits per heavy atom. The molecule has 0 saturated heterocycles. The van der Waals surface area contributed by atoms with E-state index in [2.05, 4.69) is 32.4 Å². The van der Waals surface area contributed by atoms with Crippen LogP contribution in [0, 0.1) is 12.3 Å². The van der Waals surface area contributed by atoms with Crippen LogP contribution in [0.15, 0.2) is 52.0 Å². The largest absolute Gasteiger partial charge is 0.497 e. The maximum atomic E-state index is 12.1. The monoisotopic (exact) mass is 386 g/mol. The molecule has 0 aromatic heterocycles. The third-order valence-electron chi connectivity index (χ3n) is 3.02. The smallest absolute Gasteiger partial charge is 0.272 e. The van der Waals surface area contributed by atoms with Gasteiger partial charge in [-0.15, -0.1) is 6.42 Å². The number of nitrogens with zero attached hydrogens (tertiary/aromatic N) is 1. The lowest BCUT2D eigenvalue weighted by molar-refractivity contribution is 0.0954. The van der Waals surface area contributed by atoms with Gasteiger partial charge < -0.3 is 9.47 Å². The zero-order valence-electron chi connectivity index (χ0n) is 13.0. The summed E-state index contributed by atoms with van der Waals surface area (Å²) in [5.74, 6) is 3.26. The van der Waals surface area contributed by atoms with Gasteiger partial charge in [0.2, 0.25) is 0 Å². The van der Waals surface area contributed by atoms with Crippen LogP contribution >= 0.6 is 15.9 Å². The Kier molecular flexibility index (Phi) is 6.41. The molecule has 122 valence electrons. The fraction of sp³-hybridized carbons (Fsp3) is 0.111. The van der Waals surface area contributed by atoms with E-state index >= 15 is 0 Å². The van der Waals surface area contributed by atoms with Gasteiger partial charge in [0.25, 0.3) is 5.91 Å². The van der Waals surface area contributed by atoms with Crippen molar-refractivity contribution < 1.29 is 14.3 Å². The molecule has 2 aromatic rings. The van der Waals surface area contributed by atoms with Crippen LogP contribution in [0.5, 0.6) is 11.5 Å². The van der Waals surface area contributed by atoms with Crippen LogP contribution < -0.4 is 14.9 Å². The predicted octanol–water partition coefficient (Wildman–Crippen LogP) is 3.23. The quantitative estimate of drug-likeness (QED) is 0.470. The lowest BCUT2D eigenvalue weighted by Crippen LogP contribution is -2.18. The highest BCUT2D eigenvalue weighted by atomic mass is 79.9. The number of carbonyl (C=O) groups is 1. The third kappa shape index (κ3) is 4.61. The molecular formula is C18H15BrN2O3.